The van der Waals surface area contributed by atoms with Crippen molar-refractivity contribution in [2.45, 2.75) is 0 Å². The molecule has 17 heavy (non-hydrogen) atoms. The summed E-state index contributed by atoms with van der Waals surface area (Å²) in [5.41, 5.74) is 0. The Morgan fingerprint density at radius 2 is 1.94 bits per heavy atom. The first-order valence-corrected chi connectivity index (χ1v) is 6.41. The van der Waals surface area contributed by atoms with Gasteiger partial charge in [0.2, 0.25) is 5.88 Å². The van der Waals surface area contributed by atoms with Gasteiger partial charge in [-0.2, -0.15) is 0 Å². The molecule has 1 aromatic carbocycles. The van der Waals surface area contributed by atoms with E-state index in [1.807, 2.05) is 30.3 Å². The lowest BCUT2D eigenvalue weighted by atomic mass is 10.3. The van der Waals surface area contributed by atoms with E-state index in [-0.39, 0.29) is 0 Å². The highest BCUT2D eigenvalue weighted by atomic mass is 79.9. The quantitative estimate of drug-likeness (QED) is 0.761. The SMILES string of the molecule is COc1ccc(Oc2cccc(Br)n2)c(Br)c1. The summed E-state index contributed by atoms with van der Waals surface area (Å²) in [6.07, 6.45) is 0. The predicted octanol–water partition coefficient (Wildman–Crippen LogP) is 4.41. The van der Waals surface area contributed by atoms with Gasteiger partial charge in [-0.25, -0.2) is 4.98 Å². The largest absolute Gasteiger partial charge is 0.497 e. The van der Waals surface area contributed by atoms with Crippen molar-refractivity contribution in [1.82, 2.24) is 4.98 Å². The highest BCUT2D eigenvalue weighted by Crippen LogP contribution is 2.32. The molecule has 3 nitrogen and oxygen atoms in total. The summed E-state index contributed by atoms with van der Waals surface area (Å²) < 4.78 is 12.3. The molecule has 88 valence electrons. The Labute approximate surface area is 116 Å². The number of hydrogen-bond donors (Lipinski definition) is 0. The molecular weight excluding hydrogens is 350 g/mol. The van der Waals surface area contributed by atoms with E-state index in [0.29, 0.717) is 11.6 Å². The number of pyridine rings is 1. The van der Waals surface area contributed by atoms with Crippen molar-refractivity contribution < 1.29 is 9.47 Å². The Hall–Kier alpha value is -1.07. The highest BCUT2D eigenvalue weighted by molar-refractivity contribution is 9.10. The lowest BCUT2D eigenvalue weighted by Gasteiger charge is -2.08. The van der Waals surface area contributed by atoms with Crippen molar-refractivity contribution in [2.75, 3.05) is 7.11 Å². The van der Waals surface area contributed by atoms with Crippen molar-refractivity contribution in [3.63, 3.8) is 0 Å². The first kappa shape index (κ1) is 12.4. The third-order valence-electron chi connectivity index (χ3n) is 2.04. The minimum Gasteiger partial charge on any atom is -0.497 e. The van der Waals surface area contributed by atoms with Crippen LogP contribution in [0.3, 0.4) is 0 Å². The molecule has 0 fully saturated rings. The van der Waals surface area contributed by atoms with E-state index in [9.17, 15) is 0 Å². The molecule has 2 rings (SSSR count). The minimum atomic E-state index is 0.533. The molecule has 0 amide bonds. The van der Waals surface area contributed by atoms with Crippen LogP contribution in [0.1, 0.15) is 0 Å². The fraction of sp³-hybridized carbons (Fsp3) is 0.0833. The fourth-order valence-corrected chi connectivity index (χ4v) is 2.02. The van der Waals surface area contributed by atoms with Crippen LogP contribution in [0.5, 0.6) is 17.4 Å². The van der Waals surface area contributed by atoms with Crippen LogP contribution in [0.25, 0.3) is 0 Å². The summed E-state index contributed by atoms with van der Waals surface area (Å²) in [5, 5.41) is 0. The molecule has 0 bridgehead atoms. The zero-order chi connectivity index (χ0) is 12.3. The Kier molecular flexibility index (Phi) is 4.02. The minimum absolute atomic E-state index is 0.533. The summed E-state index contributed by atoms with van der Waals surface area (Å²) in [7, 11) is 1.62. The fourth-order valence-electron chi connectivity index (χ4n) is 1.25. The summed E-state index contributed by atoms with van der Waals surface area (Å²) >= 11 is 6.71. The van der Waals surface area contributed by atoms with Gasteiger partial charge in [-0.15, -0.1) is 0 Å². The number of benzene rings is 1. The second-order valence-corrected chi connectivity index (χ2v) is 4.86. The molecule has 0 radical (unpaired) electrons. The maximum absolute atomic E-state index is 5.65. The van der Waals surface area contributed by atoms with E-state index in [4.69, 9.17) is 9.47 Å². The normalized spacial score (nSPS) is 10.1. The van der Waals surface area contributed by atoms with Crippen molar-refractivity contribution in [1.29, 1.82) is 0 Å². The van der Waals surface area contributed by atoms with E-state index in [1.165, 1.54) is 0 Å². The summed E-state index contributed by atoms with van der Waals surface area (Å²) in [6, 6.07) is 11.0. The topological polar surface area (TPSA) is 31.4 Å². The molecule has 0 saturated heterocycles. The molecule has 0 atom stereocenters. The average molecular weight is 359 g/mol. The zero-order valence-electron chi connectivity index (χ0n) is 8.98. The predicted molar refractivity (Wildman–Crippen MR) is 72.7 cm³/mol. The van der Waals surface area contributed by atoms with Gasteiger partial charge in [-0.05, 0) is 56.1 Å². The number of rotatable bonds is 3. The van der Waals surface area contributed by atoms with Gasteiger partial charge < -0.3 is 9.47 Å². The van der Waals surface area contributed by atoms with Gasteiger partial charge in [-0.1, -0.05) is 6.07 Å². The molecule has 0 saturated carbocycles. The lowest BCUT2D eigenvalue weighted by molar-refractivity contribution is 0.411. The molecule has 0 spiro atoms. The second-order valence-electron chi connectivity index (χ2n) is 3.20. The van der Waals surface area contributed by atoms with Crippen LogP contribution in [0.4, 0.5) is 0 Å². The van der Waals surface area contributed by atoms with Crippen LogP contribution in [0.2, 0.25) is 0 Å². The molecule has 0 unspecified atom stereocenters. The monoisotopic (exact) mass is 357 g/mol. The summed E-state index contributed by atoms with van der Waals surface area (Å²) in [4.78, 5) is 4.19. The van der Waals surface area contributed by atoms with Gasteiger partial charge in [0, 0.05) is 6.07 Å². The molecule has 0 aliphatic heterocycles. The molecule has 0 aliphatic rings. The number of aromatic nitrogens is 1. The third-order valence-corrected chi connectivity index (χ3v) is 3.10. The zero-order valence-corrected chi connectivity index (χ0v) is 12.2. The number of halogens is 2. The van der Waals surface area contributed by atoms with E-state index in [0.717, 1.165) is 14.8 Å². The lowest BCUT2D eigenvalue weighted by Crippen LogP contribution is -1.90. The molecule has 1 aromatic heterocycles. The maximum Gasteiger partial charge on any atom is 0.220 e. The van der Waals surface area contributed by atoms with Crippen molar-refractivity contribution >= 4 is 31.9 Å². The molecular formula is C12H9Br2NO2. The van der Waals surface area contributed by atoms with Crippen LogP contribution in [-0.2, 0) is 0 Å². The van der Waals surface area contributed by atoms with Crippen LogP contribution < -0.4 is 9.47 Å². The smallest absolute Gasteiger partial charge is 0.220 e. The van der Waals surface area contributed by atoms with Crippen molar-refractivity contribution in [2.24, 2.45) is 0 Å². The summed E-state index contributed by atoms with van der Waals surface area (Å²) in [6.45, 7) is 0. The molecule has 1 heterocycles. The summed E-state index contributed by atoms with van der Waals surface area (Å²) in [5.74, 6) is 1.99. The Bertz CT molecular complexity index is 532. The Morgan fingerprint density at radius 3 is 2.59 bits per heavy atom. The molecule has 0 aliphatic carbocycles. The molecule has 0 N–H and O–H groups in total. The van der Waals surface area contributed by atoms with Gasteiger partial charge in [0.05, 0.1) is 11.6 Å². The van der Waals surface area contributed by atoms with Gasteiger partial charge >= 0.3 is 0 Å². The van der Waals surface area contributed by atoms with E-state index in [2.05, 4.69) is 36.8 Å². The highest BCUT2D eigenvalue weighted by Gasteiger charge is 2.05. The van der Waals surface area contributed by atoms with Crippen molar-refractivity contribution in [3.8, 4) is 17.4 Å². The van der Waals surface area contributed by atoms with Crippen LogP contribution in [0, 0.1) is 0 Å². The average Bonchev–Trinajstić information content (AvgIpc) is 2.32. The second kappa shape index (κ2) is 5.51. The number of ether oxygens (including phenoxy) is 2. The van der Waals surface area contributed by atoms with Gasteiger partial charge in [-0.3, -0.25) is 0 Å². The van der Waals surface area contributed by atoms with E-state index >= 15 is 0 Å². The first-order chi connectivity index (χ1) is 8.19. The molecule has 5 heteroatoms. The number of methoxy groups -OCH3 is 1. The van der Waals surface area contributed by atoms with E-state index in [1.54, 1.807) is 13.2 Å². The standard InChI is InChI=1S/C12H9Br2NO2/c1-16-8-5-6-10(9(13)7-8)17-12-4-2-3-11(14)15-12/h2-7H,1H3. The van der Waals surface area contributed by atoms with E-state index < -0.39 is 0 Å². The Balaban J connectivity index is 2.24. The van der Waals surface area contributed by atoms with Crippen LogP contribution in [0.15, 0.2) is 45.5 Å². The van der Waals surface area contributed by atoms with Crippen LogP contribution >= 0.6 is 31.9 Å². The first-order valence-electron chi connectivity index (χ1n) is 4.83. The number of hydrogen-bond acceptors (Lipinski definition) is 3. The van der Waals surface area contributed by atoms with Gasteiger partial charge in [0.15, 0.2) is 0 Å². The van der Waals surface area contributed by atoms with Crippen molar-refractivity contribution in [3.05, 3.63) is 45.5 Å². The number of nitrogens with zero attached hydrogens (tertiary/aromatic N) is 1. The van der Waals surface area contributed by atoms with Gasteiger partial charge in [0.25, 0.3) is 0 Å². The maximum atomic E-state index is 5.65. The molecule has 2 aromatic rings. The third kappa shape index (κ3) is 3.20. The van der Waals surface area contributed by atoms with Gasteiger partial charge in [0.1, 0.15) is 16.1 Å². The van der Waals surface area contributed by atoms with Crippen LogP contribution in [-0.4, -0.2) is 12.1 Å². The Morgan fingerprint density at radius 1 is 1.12 bits per heavy atom.